The number of pyridine rings is 1. The Kier molecular flexibility index (Phi) is 5.08. The zero-order chi connectivity index (χ0) is 21.4. The van der Waals surface area contributed by atoms with Gasteiger partial charge < -0.3 is 20.9 Å². The van der Waals surface area contributed by atoms with Gasteiger partial charge in [-0.25, -0.2) is 14.2 Å². The van der Waals surface area contributed by atoms with Gasteiger partial charge in [0.15, 0.2) is 0 Å². The van der Waals surface area contributed by atoms with Crippen LogP contribution in [0, 0.1) is 5.82 Å². The van der Waals surface area contributed by atoms with Gasteiger partial charge in [-0.05, 0) is 50.3 Å². The molecule has 1 aromatic heterocycles. The number of anilines is 4. The van der Waals surface area contributed by atoms with Gasteiger partial charge >= 0.3 is 6.03 Å². The third-order valence-corrected chi connectivity index (χ3v) is 6.72. The molecule has 1 unspecified atom stereocenters. The number of rotatable bonds is 2. The topological polar surface area (TPSA) is 77.7 Å². The van der Waals surface area contributed by atoms with E-state index in [1.54, 1.807) is 23.2 Å². The number of carbonyl (C=O) groups is 1. The van der Waals surface area contributed by atoms with Crippen LogP contribution in [-0.4, -0.2) is 49.3 Å². The lowest BCUT2D eigenvalue weighted by molar-refractivity contribution is 0.250. The van der Waals surface area contributed by atoms with E-state index in [9.17, 15) is 9.18 Å². The lowest BCUT2D eigenvalue weighted by atomic mass is 9.85. The van der Waals surface area contributed by atoms with Crippen molar-refractivity contribution in [3.63, 3.8) is 0 Å². The maximum absolute atomic E-state index is 13.8. The lowest BCUT2D eigenvalue weighted by Gasteiger charge is -2.50. The Morgan fingerprint density at radius 1 is 1.06 bits per heavy atom. The van der Waals surface area contributed by atoms with E-state index in [1.807, 2.05) is 6.07 Å². The highest BCUT2D eigenvalue weighted by Crippen LogP contribution is 2.40. The molecule has 2 aromatic rings. The zero-order valence-electron chi connectivity index (χ0n) is 17.7. The van der Waals surface area contributed by atoms with Crippen molar-refractivity contribution in [1.82, 2.24) is 4.98 Å². The maximum atomic E-state index is 13.8. The summed E-state index contributed by atoms with van der Waals surface area (Å²) in [6, 6.07) is 8.28. The summed E-state index contributed by atoms with van der Waals surface area (Å²) in [4.78, 5) is 23.1. The van der Waals surface area contributed by atoms with Crippen LogP contribution in [0.2, 0.25) is 0 Å². The van der Waals surface area contributed by atoms with Crippen LogP contribution in [0.1, 0.15) is 32.1 Å². The van der Waals surface area contributed by atoms with E-state index < -0.39 is 6.03 Å². The Hall–Kier alpha value is -3.03. The van der Waals surface area contributed by atoms with Gasteiger partial charge in [-0.15, -0.1) is 0 Å². The Balaban J connectivity index is 1.46. The largest absolute Gasteiger partial charge is 0.374 e. The molecule has 4 heterocycles. The fraction of sp³-hybridized carbons (Fsp3) is 0.478. The van der Waals surface area contributed by atoms with Crippen LogP contribution in [-0.2, 0) is 0 Å². The van der Waals surface area contributed by atoms with Gasteiger partial charge in [0.2, 0.25) is 0 Å². The van der Waals surface area contributed by atoms with Gasteiger partial charge in [-0.2, -0.15) is 0 Å². The van der Waals surface area contributed by atoms with Crippen molar-refractivity contribution in [3.05, 3.63) is 42.3 Å². The summed E-state index contributed by atoms with van der Waals surface area (Å²) in [5.41, 5.74) is 7.90. The number of urea groups is 1. The molecule has 1 aromatic carbocycles. The fourth-order valence-corrected chi connectivity index (χ4v) is 5.21. The number of primary amides is 1. The molecule has 5 rings (SSSR count). The summed E-state index contributed by atoms with van der Waals surface area (Å²) in [6.45, 7) is 3.99. The monoisotopic (exact) mass is 424 g/mol. The first-order valence-corrected chi connectivity index (χ1v) is 11.1. The number of nitrogens with one attached hydrogen (secondary N) is 1. The molecule has 0 aliphatic carbocycles. The molecule has 31 heavy (non-hydrogen) atoms. The molecule has 0 saturated carbocycles. The molecular weight excluding hydrogens is 395 g/mol. The van der Waals surface area contributed by atoms with E-state index in [-0.39, 0.29) is 11.4 Å². The average molecular weight is 425 g/mol. The van der Waals surface area contributed by atoms with Crippen LogP contribution >= 0.6 is 0 Å². The summed E-state index contributed by atoms with van der Waals surface area (Å²) < 4.78 is 13.8. The molecule has 2 amide bonds. The number of hydrogen-bond acceptors (Lipinski definition) is 5. The summed E-state index contributed by atoms with van der Waals surface area (Å²) in [5, 5.41) is 3.74. The Labute approximate surface area is 182 Å². The van der Waals surface area contributed by atoms with E-state index in [2.05, 4.69) is 26.2 Å². The SMILES string of the molecule is NC(=O)N1CC2(CCCN(c3cccc(F)c3)C2)Nc2cc(N3CCCCC3)ncc21. The fourth-order valence-electron chi connectivity index (χ4n) is 5.21. The van der Waals surface area contributed by atoms with Gasteiger partial charge in [0.1, 0.15) is 11.6 Å². The first-order valence-electron chi connectivity index (χ1n) is 11.1. The van der Waals surface area contributed by atoms with E-state index in [0.717, 1.165) is 55.4 Å². The van der Waals surface area contributed by atoms with Crippen LogP contribution in [0.3, 0.4) is 0 Å². The van der Waals surface area contributed by atoms with Crippen molar-refractivity contribution in [1.29, 1.82) is 0 Å². The molecule has 1 spiro atoms. The smallest absolute Gasteiger partial charge is 0.319 e. The van der Waals surface area contributed by atoms with Gasteiger partial charge in [-0.3, -0.25) is 4.90 Å². The van der Waals surface area contributed by atoms with E-state index >= 15 is 0 Å². The predicted molar refractivity (Wildman–Crippen MR) is 121 cm³/mol. The van der Waals surface area contributed by atoms with Crippen LogP contribution in [0.25, 0.3) is 0 Å². The summed E-state index contributed by atoms with van der Waals surface area (Å²) in [6.07, 6.45) is 7.21. The van der Waals surface area contributed by atoms with Gasteiger partial charge in [0.05, 0.1) is 29.7 Å². The number of halogens is 1. The number of nitrogens with two attached hydrogens (primary N) is 1. The highest BCUT2D eigenvalue weighted by molar-refractivity contribution is 5.96. The highest BCUT2D eigenvalue weighted by atomic mass is 19.1. The number of amides is 2. The first-order chi connectivity index (χ1) is 15.0. The Morgan fingerprint density at radius 2 is 1.87 bits per heavy atom. The van der Waals surface area contributed by atoms with E-state index in [0.29, 0.717) is 13.1 Å². The molecule has 7 nitrogen and oxygen atoms in total. The second kappa shape index (κ2) is 7.90. The third kappa shape index (κ3) is 3.86. The normalized spacial score (nSPS) is 23.5. The van der Waals surface area contributed by atoms with Crippen molar-refractivity contribution in [2.45, 2.75) is 37.6 Å². The number of aromatic nitrogens is 1. The zero-order valence-corrected chi connectivity index (χ0v) is 17.7. The molecule has 2 saturated heterocycles. The van der Waals surface area contributed by atoms with Crippen molar-refractivity contribution in [3.8, 4) is 0 Å². The molecule has 2 fully saturated rings. The number of nitrogens with zero attached hydrogens (tertiary/aromatic N) is 4. The molecule has 0 radical (unpaired) electrons. The quantitative estimate of drug-likeness (QED) is 0.771. The molecule has 3 aliphatic heterocycles. The number of piperidine rings is 2. The molecule has 3 aliphatic rings. The lowest BCUT2D eigenvalue weighted by Crippen LogP contribution is -2.62. The molecule has 164 valence electrons. The molecule has 3 N–H and O–H groups in total. The minimum Gasteiger partial charge on any atom is -0.374 e. The number of hydrogen-bond donors (Lipinski definition) is 2. The Bertz CT molecular complexity index is 978. The summed E-state index contributed by atoms with van der Waals surface area (Å²) >= 11 is 0. The van der Waals surface area contributed by atoms with E-state index in [4.69, 9.17) is 5.73 Å². The number of fused-ring (bicyclic) bond motifs is 1. The van der Waals surface area contributed by atoms with Gasteiger partial charge in [0.25, 0.3) is 0 Å². The minimum atomic E-state index is -0.475. The number of carbonyl (C=O) groups excluding carboxylic acids is 1. The van der Waals surface area contributed by atoms with Crippen molar-refractivity contribution >= 4 is 28.9 Å². The third-order valence-electron chi connectivity index (χ3n) is 6.72. The van der Waals surface area contributed by atoms with Crippen molar-refractivity contribution in [2.24, 2.45) is 5.73 Å². The van der Waals surface area contributed by atoms with Crippen LogP contribution in [0.15, 0.2) is 36.5 Å². The Morgan fingerprint density at radius 3 is 2.65 bits per heavy atom. The molecule has 8 heteroatoms. The standard InChI is InChI=1S/C23H29FN6O/c24-17-6-4-7-18(12-17)29-11-5-8-23(15-29)16-30(22(25)31)20-14-26-21(13-19(20)27-23)28-9-2-1-3-10-28/h4,6-7,12-14,27H,1-3,5,8-11,15-16H2,(H2,25,31). The average Bonchev–Trinajstić information content (AvgIpc) is 2.78. The first kappa shape index (κ1) is 19.9. The van der Waals surface area contributed by atoms with Crippen LogP contribution < -0.4 is 25.8 Å². The van der Waals surface area contributed by atoms with E-state index in [1.165, 1.54) is 25.3 Å². The summed E-state index contributed by atoms with van der Waals surface area (Å²) in [7, 11) is 0. The number of benzene rings is 1. The predicted octanol–water partition coefficient (Wildman–Crippen LogP) is 3.56. The molecule has 1 atom stereocenters. The minimum absolute atomic E-state index is 0.241. The second-order valence-electron chi connectivity index (χ2n) is 8.94. The van der Waals surface area contributed by atoms with Crippen LogP contribution in [0.4, 0.5) is 32.1 Å². The van der Waals surface area contributed by atoms with Crippen molar-refractivity contribution < 1.29 is 9.18 Å². The van der Waals surface area contributed by atoms with Gasteiger partial charge in [0, 0.05) is 37.9 Å². The van der Waals surface area contributed by atoms with Gasteiger partial charge in [-0.1, -0.05) is 6.07 Å². The summed E-state index contributed by atoms with van der Waals surface area (Å²) in [5.74, 6) is 0.695. The molecular formula is C23H29FN6O. The second-order valence-corrected chi connectivity index (χ2v) is 8.94. The maximum Gasteiger partial charge on any atom is 0.319 e. The van der Waals surface area contributed by atoms with Crippen molar-refractivity contribution in [2.75, 3.05) is 52.7 Å². The molecule has 0 bridgehead atoms. The highest BCUT2D eigenvalue weighted by Gasteiger charge is 2.43. The van der Waals surface area contributed by atoms with Crippen LogP contribution in [0.5, 0.6) is 0 Å².